The number of fused-ring (bicyclic) bond motifs is 1. The number of halogens is 1. The number of nitrogens with one attached hydrogen (secondary N) is 2. The lowest BCUT2D eigenvalue weighted by Gasteiger charge is -2.08. The molecule has 2 aromatic heterocycles. The summed E-state index contributed by atoms with van der Waals surface area (Å²) < 4.78 is 5.82. The van der Waals surface area contributed by atoms with Crippen LogP contribution in [0.3, 0.4) is 0 Å². The fourth-order valence-electron chi connectivity index (χ4n) is 1.84. The van der Waals surface area contributed by atoms with Gasteiger partial charge in [-0.25, -0.2) is 0 Å². The molecular formula is C14H14ClN5O. The maximum absolute atomic E-state index is 5.96. The van der Waals surface area contributed by atoms with Gasteiger partial charge in [0, 0.05) is 11.6 Å². The molecule has 0 saturated heterocycles. The zero-order valence-corrected chi connectivity index (χ0v) is 12.2. The Bertz CT molecular complexity index is 758. The summed E-state index contributed by atoms with van der Waals surface area (Å²) in [6, 6.07) is 7.16. The molecule has 0 fully saturated rings. The van der Waals surface area contributed by atoms with Gasteiger partial charge in [-0.05, 0) is 24.6 Å². The normalized spacial score (nSPS) is 10.8. The molecular weight excluding hydrogens is 290 g/mol. The van der Waals surface area contributed by atoms with Crippen LogP contribution in [0.15, 0.2) is 30.5 Å². The average Bonchev–Trinajstić information content (AvgIpc) is 2.94. The zero-order valence-electron chi connectivity index (χ0n) is 11.4. The molecule has 6 nitrogen and oxygen atoms in total. The number of anilines is 1. The molecule has 1 aromatic carbocycles. The van der Waals surface area contributed by atoms with E-state index in [1.807, 2.05) is 12.1 Å². The Balaban J connectivity index is 1.97. The van der Waals surface area contributed by atoms with E-state index in [0.29, 0.717) is 28.2 Å². The van der Waals surface area contributed by atoms with E-state index in [0.717, 1.165) is 18.4 Å². The Morgan fingerprint density at radius 3 is 3.05 bits per heavy atom. The summed E-state index contributed by atoms with van der Waals surface area (Å²) >= 11 is 5.96. The van der Waals surface area contributed by atoms with E-state index in [-0.39, 0.29) is 0 Å². The van der Waals surface area contributed by atoms with Gasteiger partial charge in [-0.1, -0.05) is 24.6 Å². The van der Waals surface area contributed by atoms with Crippen molar-refractivity contribution in [2.24, 2.45) is 0 Å². The highest BCUT2D eigenvalue weighted by molar-refractivity contribution is 6.30. The van der Waals surface area contributed by atoms with Gasteiger partial charge in [-0.15, -0.1) is 0 Å². The molecule has 0 radical (unpaired) electrons. The van der Waals surface area contributed by atoms with Crippen molar-refractivity contribution < 1.29 is 4.74 Å². The van der Waals surface area contributed by atoms with Crippen LogP contribution in [0.2, 0.25) is 5.02 Å². The van der Waals surface area contributed by atoms with Crippen molar-refractivity contribution >= 4 is 28.6 Å². The quantitative estimate of drug-likeness (QED) is 0.753. The van der Waals surface area contributed by atoms with Crippen molar-refractivity contribution in [3.05, 3.63) is 35.5 Å². The number of H-pyrrole nitrogens is 1. The fourth-order valence-corrected chi connectivity index (χ4v) is 2.02. The van der Waals surface area contributed by atoms with E-state index in [1.54, 1.807) is 18.3 Å². The van der Waals surface area contributed by atoms with Crippen molar-refractivity contribution in [1.29, 1.82) is 0 Å². The Hall–Kier alpha value is -2.34. The molecule has 2 N–H and O–H groups in total. The molecule has 0 unspecified atom stereocenters. The molecule has 21 heavy (non-hydrogen) atoms. The van der Waals surface area contributed by atoms with Crippen LogP contribution in [-0.2, 0) is 0 Å². The highest BCUT2D eigenvalue weighted by Gasteiger charge is 2.11. The number of benzene rings is 1. The Morgan fingerprint density at radius 2 is 2.24 bits per heavy atom. The summed E-state index contributed by atoms with van der Waals surface area (Å²) in [5.41, 5.74) is 0.626. The highest BCUT2D eigenvalue weighted by Crippen LogP contribution is 2.28. The van der Waals surface area contributed by atoms with E-state index in [2.05, 4.69) is 32.4 Å². The maximum Gasteiger partial charge on any atom is 0.235 e. The van der Waals surface area contributed by atoms with Gasteiger partial charge in [-0.2, -0.15) is 15.1 Å². The largest absolute Gasteiger partial charge is 0.438 e. The minimum Gasteiger partial charge on any atom is -0.438 e. The first-order valence-corrected chi connectivity index (χ1v) is 7.02. The second-order valence-corrected chi connectivity index (χ2v) is 4.91. The first-order chi connectivity index (χ1) is 10.3. The van der Waals surface area contributed by atoms with Crippen LogP contribution in [0.5, 0.6) is 11.6 Å². The molecule has 0 amide bonds. The van der Waals surface area contributed by atoms with Crippen LogP contribution >= 0.6 is 11.6 Å². The number of aromatic nitrogens is 4. The van der Waals surface area contributed by atoms with Gasteiger partial charge in [-0.3, -0.25) is 5.10 Å². The molecule has 0 spiro atoms. The van der Waals surface area contributed by atoms with Crippen LogP contribution < -0.4 is 10.1 Å². The lowest BCUT2D eigenvalue weighted by molar-refractivity contribution is 0.469. The van der Waals surface area contributed by atoms with E-state index < -0.39 is 0 Å². The second kappa shape index (κ2) is 5.97. The number of aromatic amines is 1. The van der Waals surface area contributed by atoms with Crippen LogP contribution in [0.1, 0.15) is 13.3 Å². The predicted octanol–water partition coefficient (Wildman–Crippen LogP) is 3.62. The van der Waals surface area contributed by atoms with Gasteiger partial charge < -0.3 is 10.1 Å². The van der Waals surface area contributed by atoms with E-state index in [1.165, 1.54) is 0 Å². The summed E-state index contributed by atoms with van der Waals surface area (Å²) in [5.74, 6) is 1.56. The number of ether oxygens (including phenoxy) is 1. The summed E-state index contributed by atoms with van der Waals surface area (Å²) in [6.07, 6.45) is 2.62. The lowest BCUT2D eigenvalue weighted by Crippen LogP contribution is -2.05. The zero-order chi connectivity index (χ0) is 14.7. The molecule has 0 aliphatic carbocycles. The van der Waals surface area contributed by atoms with Gasteiger partial charge in [0.1, 0.15) is 11.1 Å². The molecule has 0 saturated carbocycles. The number of rotatable bonds is 5. The van der Waals surface area contributed by atoms with E-state index >= 15 is 0 Å². The smallest absolute Gasteiger partial charge is 0.235 e. The molecule has 0 bridgehead atoms. The topological polar surface area (TPSA) is 75.7 Å². The van der Waals surface area contributed by atoms with Crippen molar-refractivity contribution in [1.82, 2.24) is 20.2 Å². The van der Waals surface area contributed by atoms with Gasteiger partial charge in [0.25, 0.3) is 0 Å². The van der Waals surface area contributed by atoms with Crippen molar-refractivity contribution in [2.45, 2.75) is 13.3 Å². The monoisotopic (exact) mass is 303 g/mol. The first kappa shape index (κ1) is 13.6. The third-order valence-electron chi connectivity index (χ3n) is 2.82. The minimum atomic E-state index is 0.439. The molecule has 3 aromatic rings. The predicted molar refractivity (Wildman–Crippen MR) is 82.0 cm³/mol. The Labute approximate surface area is 126 Å². The molecule has 108 valence electrons. The standard InChI is InChI=1S/C14H14ClN5O/c1-2-6-16-14-18-12-11(8-17-20-12)13(19-14)21-10-5-3-4-9(15)7-10/h3-5,7-8H,2,6H2,1H3,(H2,16,17,18,19,20). The first-order valence-electron chi connectivity index (χ1n) is 6.64. The number of nitrogens with zero attached hydrogens (tertiary/aromatic N) is 3. The van der Waals surface area contributed by atoms with Crippen LogP contribution in [0, 0.1) is 0 Å². The number of hydrogen-bond donors (Lipinski definition) is 2. The summed E-state index contributed by atoms with van der Waals surface area (Å²) in [6.45, 7) is 2.86. The van der Waals surface area contributed by atoms with Crippen LogP contribution in [0.4, 0.5) is 5.95 Å². The fraction of sp³-hybridized carbons (Fsp3) is 0.214. The molecule has 0 aliphatic heterocycles. The third-order valence-corrected chi connectivity index (χ3v) is 3.05. The van der Waals surface area contributed by atoms with Crippen LogP contribution in [-0.4, -0.2) is 26.7 Å². The second-order valence-electron chi connectivity index (χ2n) is 4.47. The SMILES string of the molecule is CCCNc1nc(Oc2cccc(Cl)c2)c2cn[nH]c2n1. The van der Waals surface area contributed by atoms with Crippen molar-refractivity contribution in [3.63, 3.8) is 0 Å². The minimum absolute atomic E-state index is 0.439. The summed E-state index contributed by atoms with van der Waals surface area (Å²) in [4.78, 5) is 8.73. The van der Waals surface area contributed by atoms with Gasteiger partial charge >= 0.3 is 0 Å². The van der Waals surface area contributed by atoms with Gasteiger partial charge in [0.05, 0.1) is 6.20 Å². The van der Waals surface area contributed by atoms with Gasteiger partial charge in [0.15, 0.2) is 5.65 Å². The average molecular weight is 304 g/mol. The molecule has 3 rings (SSSR count). The van der Waals surface area contributed by atoms with Crippen LogP contribution in [0.25, 0.3) is 11.0 Å². The Kier molecular flexibility index (Phi) is 3.87. The highest BCUT2D eigenvalue weighted by atomic mass is 35.5. The molecule has 7 heteroatoms. The van der Waals surface area contributed by atoms with Gasteiger partial charge in [0.2, 0.25) is 11.8 Å². The maximum atomic E-state index is 5.96. The Morgan fingerprint density at radius 1 is 1.33 bits per heavy atom. The summed E-state index contributed by atoms with van der Waals surface area (Å²) in [7, 11) is 0. The van der Waals surface area contributed by atoms with E-state index in [9.17, 15) is 0 Å². The van der Waals surface area contributed by atoms with Crippen molar-refractivity contribution in [2.75, 3.05) is 11.9 Å². The molecule has 2 heterocycles. The van der Waals surface area contributed by atoms with Crippen molar-refractivity contribution in [3.8, 4) is 11.6 Å². The van der Waals surface area contributed by atoms with E-state index in [4.69, 9.17) is 16.3 Å². The molecule has 0 atom stereocenters. The number of hydrogen-bond acceptors (Lipinski definition) is 5. The summed E-state index contributed by atoms with van der Waals surface area (Å²) in [5, 5.41) is 11.3. The lowest BCUT2D eigenvalue weighted by atomic mass is 10.3. The third kappa shape index (κ3) is 3.05. The molecule has 0 aliphatic rings.